The summed E-state index contributed by atoms with van der Waals surface area (Å²) in [7, 11) is 0. The lowest BCUT2D eigenvalue weighted by Gasteiger charge is -2.30. The number of halogens is 1. The highest BCUT2D eigenvalue weighted by Crippen LogP contribution is 2.17. The van der Waals surface area contributed by atoms with E-state index in [-0.39, 0.29) is 18.4 Å². The minimum absolute atomic E-state index is 0.129. The first-order chi connectivity index (χ1) is 14.4. The lowest BCUT2D eigenvalue weighted by atomic mass is 10.1. The van der Waals surface area contributed by atoms with E-state index in [4.69, 9.17) is 16.3 Å². The third-order valence-corrected chi connectivity index (χ3v) is 5.09. The Labute approximate surface area is 184 Å². The van der Waals surface area contributed by atoms with Gasteiger partial charge in [-0.15, -0.1) is 0 Å². The topological polar surface area (TPSA) is 58.6 Å². The van der Waals surface area contributed by atoms with E-state index in [0.29, 0.717) is 30.3 Å². The van der Waals surface area contributed by atoms with Crippen LogP contribution in [0.5, 0.6) is 5.75 Å². The predicted molar refractivity (Wildman–Crippen MR) is 121 cm³/mol. The predicted octanol–water partition coefficient (Wildman–Crippen LogP) is 4.75. The summed E-state index contributed by atoms with van der Waals surface area (Å²) in [5, 5.41) is 3.58. The molecule has 0 fully saturated rings. The molecule has 30 heavy (non-hydrogen) atoms. The van der Waals surface area contributed by atoms with E-state index in [2.05, 4.69) is 12.2 Å². The Morgan fingerprint density at radius 3 is 2.50 bits per heavy atom. The van der Waals surface area contributed by atoms with E-state index < -0.39 is 6.04 Å². The number of hydrogen-bond donors (Lipinski definition) is 1. The van der Waals surface area contributed by atoms with Crippen LogP contribution in [0.1, 0.15) is 44.2 Å². The first-order valence-electron chi connectivity index (χ1n) is 10.5. The molecular formula is C24H31ClN2O3. The maximum Gasteiger partial charge on any atom is 0.261 e. The van der Waals surface area contributed by atoms with Gasteiger partial charge in [0.15, 0.2) is 6.61 Å². The molecule has 0 saturated heterocycles. The van der Waals surface area contributed by atoms with Crippen LogP contribution in [-0.2, 0) is 16.1 Å². The molecule has 0 saturated carbocycles. The van der Waals surface area contributed by atoms with Crippen molar-refractivity contribution in [3.05, 3.63) is 64.7 Å². The summed E-state index contributed by atoms with van der Waals surface area (Å²) in [5.41, 5.74) is 1.96. The number of rotatable bonds is 11. The number of hydrogen-bond acceptors (Lipinski definition) is 3. The van der Waals surface area contributed by atoms with E-state index in [1.54, 1.807) is 17.0 Å². The lowest BCUT2D eigenvalue weighted by Crippen LogP contribution is -2.50. The molecule has 162 valence electrons. The van der Waals surface area contributed by atoms with E-state index in [9.17, 15) is 9.59 Å². The zero-order chi connectivity index (χ0) is 21.9. The molecule has 0 aliphatic carbocycles. The van der Waals surface area contributed by atoms with Gasteiger partial charge in [-0.1, -0.05) is 56.1 Å². The van der Waals surface area contributed by atoms with Crippen molar-refractivity contribution in [3.63, 3.8) is 0 Å². The Kier molecular flexibility index (Phi) is 9.68. The SMILES string of the molecule is CCCCNC(=O)[C@H](CC)N(Cc1ccc(Cl)cc1)C(=O)COc1cccc(C)c1. The van der Waals surface area contributed by atoms with Gasteiger partial charge in [-0.25, -0.2) is 0 Å². The Bertz CT molecular complexity index is 823. The number of benzene rings is 2. The molecule has 0 heterocycles. The minimum Gasteiger partial charge on any atom is -0.484 e. The smallest absolute Gasteiger partial charge is 0.261 e. The largest absolute Gasteiger partial charge is 0.484 e. The van der Waals surface area contributed by atoms with Crippen molar-refractivity contribution in [2.75, 3.05) is 13.2 Å². The standard InChI is InChI=1S/C24H31ClN2O3/c1-4-6-14-26-24(29)22(5-2)27(16-19-10-12-20(25)13-11-19)23(28)17-30-21-9-7-8-18(3)15-21/h7-13,15,22H,4-6,14,16-17H2,1-3H3,(H,26,29)/t22-/m0/s1. The molecule has 2 amide bonds. The molecule has 1 N–H and O–H groups in total. The molecule has 1 atom stereocenters. The van der Waals surface area contributed by atoms with Gasteiger partial charge < -0.3 is 15.0 Å². The van der Waals surface area contributed by atoms with Crippen molar-refractivity contribution in [1.82, 2.24) is 10.2 Å². The number of unbranched alkanes of at least 4 members (excludes halogenated alkanes) is 1. The van der Waals surface area contributed by atoms with Gasteiger partial charge in [-0.2, -0.15) is 0 Å². The molecule has 2 aromatic rings. The van der Waals surface area contributed by atoms with Gasteiger partial charge in [-0.3, -0.25) is 9.59 Å². The summed E-state index contributed by atoms with van der Waals surface area (Å²) in [5.74, 6) is 0.267. The van der Waals surface area contributed by atoms with E-state index in [1.165, 1.54) is 0 Å². The van der Waals surface area contributed by atoms with Gasteiger partial charge in [0, 0.05) is 18.1 Å². The van der Waals surface area contributed by atoms with Gasteiger partial charge in [0.2, 0.25) is 5.91 Å². The second-order valence-electron chi connectivity index (χ2n) is 7.32. The van der Waals surface area contributed by atoms with Crippen molar-refractivity contribution in [3.8, 4) is 5.75 Å². The number of nitrogens with one attached hydrogen (secondary N) is 1. The Balaban J connectivity index is 2.16. The van der Waals surface area contributed by atoms with Crippen LogP contribution >= 0.6 is 11.6 Å². The van der Waals surface area contributed by atoms with Crippen LogP contribution in [0, 0.1) is 6.92 Å². The zero-order valence-corrected chi connectivity index (χ0v) is 18.7. The van der Waals surface area contributed by atoms with Crippen molar-refractivity contribution in [2.24, 2.45) is 0 Å². The second-order valence-corrected chi connectivity index (χ2v) is 7.76. The molecule has 0 aliphatic heterocycles. The molecule has 0 spiro atoms. The Morgan fingerprint density at radius 1 is 1.13 bits per heavy atom. The average molecular weight is 431 g/mol. The molecule has 6 heteroatoms. The van der Waals surface area contributed by atoms with Crippen LogP contribution in [-0.4, -0.2) is 35.9 Å². The normalized spacial score (nSPS) is 11.6. The van der Waals surface area contributed by atoms with Gasteiger partial charge >= 0.3 is 0 Å². The van der Waals surface area contributed by atoms with Crippen molar-refractivity contribution in [1.29, 1.82) is 0 Å². The number of aryl methyl sites for hydroxylation is 1. The zero-order valence-electron chi connectivity index (χ0n) is 18.0. The fourth-order valence-electron chi connectivity index (χ4n) is 3.15. The molecule has 2 aromatic carbocycles. The summed E-state index contributed by atoms with van der Waals surface area (Å²) in [6.45, 7) is 6.74. The van der Waals surface area contributed by atoms with Crippen molar-refractivity contribution < 1.29 is 14.3 Å². The third kappa shape index (κ3) is 7.38. The van der Waals surface area contributed by atoms with Gasteiger partial charge in [0.25, 0.3) is 5.91 Å². The fourth-order valence-corrected chi connectivity index (χ4v) is 3.27. The highest BCUT2D eigenvalue weighted by atomic mass is 35.5. The highest BCUT2D eigenvalue weighted by Gasteiger charge is 2.28. The first kappa shape index (κ1) is 23.7. The fraction of sp³-hybridized carbons (Fsp3) is 0.417. The van der Waals surface area contributed by atoms with Crippen LogP contribution in [0.15, 0.2) is 48.5 Å². The first-order valence-corrected chi connectivity index (χ1v) is 10.8. The highest BCUT2D eigenvalue weighted by molar-refractivity contribution is 6.30. The molecule has 0 aromatic heterocycles. The van der Waals surface area contributed by atoms with Crippen LogP contribution in [0.25, 0.3) is 0 Å². The Hall–Kier alpha value is -2.53. The van der Waals surface area contributed by atoms with Crippen LogP contribution in [0.2, 0.25) is 5.02 Å². The number of carbonyl (C=O) groups excluding carboxylic acids is 2. The maximum absolute atomic E-state index is 13.1. The number of amides is 2. The number of carbonyl (C=O) groups is 2. The monoisotopic (exact) mass is 430 g/mol. The van der Waals surface area contributed by atoms with Gasteiger partial charge in [0.1, 0.15) is 11.8 Å². The van der Waals surface area contributed by atoms with Crippen molar-refractivity contribution >= 4 is 23.4 Å². The van der Waals surface area contributed by atoms with Gasteiger partial charge in [0.05, 0.1) is 0 Å². The summed E-state index contributed by atoms with van der Waals surface area (Å²) in [6.07, 6.45) is 2.42. The van der Waals surface area contributed by atoms with Crippen LogP contribution in [0.4, 0.5) is 0 Å². The Morgan fingerprint density at radius 2 is 1.87 bits per heavy atom. The average Bonchev–Trinajstić information content (AvgIpc) is 2.73. The molecule has 2 rings (SSSR count). The van der Waals surface area contributed by atoms with E-state index >= 15 is 0 Å². The summed E-state index contributed by atoms with van der Waals surface area (Å²) in [4.78, 5) is 27.5. The summed E-state index contributed by atoms with van der Waals surface area (Å²) < 4.78 is 5.72. The molecule has 0 bridgehead atoms. The minimum atomic E-state index is -0.564. The number of ether oxygens (including phenoxy) is 1. The van der Waals surface area contributed by atoms with Crippen LogP contribution in [0.3, 0.4) is 0 Å². The van der Waals surface area contributed by atoms with Crippen molar-refractivity contribution in [2.45, 2.75) is 52.6 Å². The second kappa shape index (κ2) is 12.2. The quantitative estimate of drug-likeness (QED) is 0.523. The van der Waals surface area contributed by atoms with Gasteiger partial charge in [-0.05, 0) is 55.2 Å². The molecule has 0 aliphatic rings. The van der Waals surface area contributed by atoms with E-state index in [0.717, 1.165) is 24.0 Å². The van der Waals surface area contributed by atoms with Crippen LogP contribution < -0.4 is 10.1 Å². The molecule has 0 radical (unpaired) electrons. The third-order valence-electron chi connectivity index (χ3n) is 4.83. The molecular weight excluding hydrogens is 400 g/mol. The maximum atomic E-state index is 13.1. The summed E-state index contributed by atoms with van der Waals surface area (Å²) in [6, 6.07) is 14.3. The van der Waals surface area contributed by atoms with E-state index in [1.807, 2.05) is 50.2 Å². The lowest BCUT2D eigenvalue weighted by molar-refractivity contribution is -0.143. The summed E-state index contributed by atoms with van der Waals surface area (Å²) >= 11 is 5.99. The molecule has 5 nitrogen and oxygen atoms in total. The number of nitrogens with zero attached hydrogens (tertiary/aromatic N) is 1. The molecule has 0 unspecified atom stereocenters.